The van der Waals surface area contributed by atoms with E-state index in [2.05, 4.69) is 21.2 Å². The first kappa shape index (κ1) is 12.3. The molecule has 1 N–H and O–H groups in total. The molecule has 2 nitrogen and oxygen atoms in total. The highest BCUT2D eigenvalue weighted by atomic mass is 79.9. The minimum absolute atomic E-state index is 0.691. The number of anilines is 1. The Hall–Kier alpha value is -0.800. The molecule has 0 fully saturated rings. The van der Waals surface area contributed by atoms with Crippen molar-refractivity contribution in [3.63, 3.8) is 0 Å². The van der Waals surface area contributed by atoms with Gasteiger partial charge in [-0.1, -0.05) is 34.1 Å². The standard InChI is InChI=1S/C12H16BrNO/c1-2-3-8-15-9-7-14-12-6-4-5-11(13)10-12/h2-6,10,14H,7-9H2,1H3. The Morgan fingerprint density at radius 2 is 2.33 bits per heavy atom. The normalized spacial score (nSPS) is 10.8. The van der Waals surface area contributed by atoms with Crippen molar-refractivity contribution in [1.29, 1.82) is 0 Å². The molecule has 0 atom stereocenters. The van der Waals surface area contributed by atoms with Gasteiger partial charge in [0.2, 0.25) is 0 Å². The molecule has 0 amide bonds. The SMILES string of the molecule is CC=CCOCCNc1cccc(Br)c1. The van der Waals surface area contributed by atoms with Crippen LogP contribution in [-0.4, -0.2) is 19.8 Å². The van der Waals surface area contributed by atoms with Gasteiger partial charge in [0.1, 0.15) is 0 Å². The van der Waals surface area contributed by atoms with Crippen LogP contribution in [-0.2, 0) is 4.74 Å². The van der Waals surface area contributed by atoms with E-state index in [0.29, 0.717) is 6.61 Å². The summed E-state index contributed by atoms with van der Waals surface area (Å²) in [7, 11) is 0. The summed E-state index contributed by atoms with van der Waals surface area (Å²) in [6.07, 6.45) is 3.99. The Morgan fingerprint density at radius 3 is 3.07 bits per heavy atom. The van der Waals surface area contributed by atoms with Crippen LogP contribution in [0.4, 0.5) is 5.69 Å². The van der Waals surface area contributed by atoms with Crippen LogP contribution in [0.25, 0.3) is 0 Å². The third kappa shape index (κ3) is 5.60. The van der Waals surface area contributed by atoms with Gasteiger partial charge in [-0.25, -0.2) is 0 Å². The van der Waals surface area contributed by atoms with Crippen LogP contribution in [0.2, 0.25) is 0 Å². The lowest BCUT2D eigenvalue weighted by Crippen LogP contribution is -2.09. The monoisotopic (exact) mass is 269 g/mol. The van der Waals surface area contributed by atoms with Gasteiger partial charge in [0.15, 0.2) is 0 Å². The number of nitrogens with one attached hydrogen (secondary N) is 1. The van der Waals surface area contributed by atoms with Gasteiger partial charge in [0.05, 0.1) is 13.2 Å². The molecule has 0 aliphatic heterocycles. The van der Waals surface area contributed by atoms with Crippen molar-refractivity contribution in [2.75, 3.05) is 25.1 Å². The minimum Gasteiger partial charge on any atom is -0.383 e. The Labute approximate surface area is 99.5 Å². The molecule has 0 aliphatic rings. The Kier molecular flexibility index (Phi) is 6.12. The average Bonchev–Trinajstić information content (AvgIpc) is 2.23. The topological polar surface area (TPSA) is 21.3 Å². The zero-order valence-corrected chi connectivity index (χ0v) is 10.5. The fraction of sp³-hybridized carbons (Fsp3) is 0.333. The molecule has 1 aromatic carbocycles. The Bertz CT molecular complexity index is 312. The maximum atomic E-state index is 5.36. The first-order valence-corrected chi connectivity index (χ1v) is 5.80. The highest BCUT2D eigenvalue weighted by molar-refractivity contribution is 9.10. The van der Waals surface area contributed by atoms with Crippen molar-refractivity contribution in [2.45, 2.75) is 6.92 Å². The molecule has 15 heavy (non-hydrogen) atoms. The number of hydrogen-bond donors (Lipinski definition) is 1. The molecule has 0 saturated heterocycles. The fourth-order valence-electron chi connectivity index (χ4n) is 1.11. The summed E-state index contributed by atoms with van der Waals surface area (Å²) in [5, 5.41) is 3.28. The van der Waals surface area contributed by atoms with Crippen LogP contribution < -0.4 is 5.32 Å². The molecule has 0 spiro atoms. The second-order valence-corrected chi connectivity index (χ2v) is 4.00. The van der Waals surface area contributed by atoms with Crippen molar-refractivity contribution in [3.8, 4) is 0 Å². The van der Waals surface area contributed by atoms with Crippen LogP contribution >= 0.6 is 15.9 Å². The van der Waals surface area contributed by atoms with Gasteiger partial charge < -0.3 is 10.1 Å². The number of allylic oxidation sites excluding steroid dienone is 1. The van der Waals surface area contributed by atoms with Crippen LogP contribution in [0.15, 0.2) is 40.9 Å². The second-order valence-electron chi connectivity index (χ2n) is 3.08. The van der Waals surface area contributed by atoms with Gasteiger partial charge in [-0.2, -0.15) is 0 Å². The van der Waals surface area contributed by atoms with Crippen LogP contribution in [0.5, 0.6) is 0 Å². The van der Waals surface area contributed by atoms with E-state index in [0.717, 1.165) is 23.3 Å². The zero-order valence-electron chi connectivity index (χ0n) is 8.87. The van der Waals surface area contributed by atoms with Gasteiger partial charge >= 0.3 is 0 Å². The predicted molar refractivity (Wildman–Crippen MR) is 68.3 cm³/mol. The Morgan fingerprint density at radius 1 is 1.47 bits per heavy atom. The van der Waals surface area contributed by atoms with Crippen molar-refractivity contribution in [1.82, 2.24) is 0 Å². The maximum absolute atomic E-state index is 5.36. The largest absolute Gasteiger partial charge is 0.383 e. The summed E-state index contributed by atoms with van der Waals surface area (Å²) in [5.41, 5.74) is 1.11. The molecule has 0 unspecified atom stereocenters. The third-order valence-electron chi connectivity index (χ3n) is 1.85. The summed E-state index contributed by atoms with van der Waals surface area (Å²) in [5.74, 6) is 0. The quantitative estimate of drug-likeness (QED) is 0.631. The lowest BCUT2D eigenvalue weighted by molar-refractivity contribution is 0.173. The van der Waals surface area contributed by atoms with Crippen molar-refractivity contribution in [3.05, 3.63) is 40.9 Å². The van der Waals surface area contributed by atoms with Crippen LogP contribution in [0, 0.1) is 0 Å². The van der Waals surface area contributed by atoms with Crippen LogP contribution in [0.3, 0.4) is 0 Å². The summed E-state index contributed by atoms with van der Waals surface area (Å²) in [4.78, 5) is 0. The minimum atomic E-state index is 0.691. The highest BCUT2D eigenvalue weighted by Crippen LogP contribution is 2.14. The molecular weight excluding hydrogens is 254 g/mol. The molecule has 0 radical (unpaired) electrons. The molecular formula is C12H16BrNO. The zero-order chi connectivity index (χ0) is 10.9. The van der Waals surface area contributed by atoms with E-state index in [1.807, 2.05) is 43.3 Å². The van der Waals surface area contributed by atoms with Gasteiger partial charge in [-0.15, -0.1) is 0 Å². The van der Waals surface area contributed by atoms with Crippen LogP contribution in [0.1, 0.15) is 6.92 Å². The summed E-state index contributed by atoms with van der Waals surface area (Å²) < 4.78 is 6.45. The molecule has 0 bridgehead atoms. The van der Waals surface area contributed by atoms with E-state index in [1.54, 1.807) is 0 Å². The van der Waals surface area contributed by atoms with Gasteiger partial charge in [0.25, 0.3) is 0 Å². The summed E-state index contributed by atoms with van der Waals surface area (Å²) in [6, 6.07) is 8.10. The van der Waals surface area contributed by atoms with E-state index >= 15 is 0 Å². The summed E-state index contributed by atoms with van der Waals surface area (Å²) >= 11 is 3.42. The average molecular weight is 270 g/mol. The van der Waals surface area contributed by atoms with E-state index in [4.69, 9.17) is 4.74 Å². The number of ether oxygens (including phenoxy) is 1. The van der Waals surface area contributed by atoms with Gasteiger partial charge in [-0.3, -0.25) is 0 Å². The van der Waals surface area contributed by atoms with Crippen molar-refractivity contribution < 1.29 is 4.74 Å². The fourth-order valence-corrected chi connectivity index (χ4v) is 1.51. The molecule has 82 valence electrons. The lowest BCUT2D eigenvalue weighted by atomic mass is 10.3. The first-order valence-electron chi connectivity index (χ1n) is 5.01. The smallest absolute Gasteiger partial charge is 0.0648 e. The first-order chi connectivity index (χ1) is 7.33. The number of halogens is 1. The van der Waals surface area contributed by atoms with E-state index in [9.17, 15) is 0 Å². The molecule has 0 aromatic heterocycles. The van der Waals surface area contributed by atoms with Crippen molar-refractivity contribution >= 4 is 21.6 Å². The van der Waals surface area contributed by atoms with Crippen molar-refractivity contribution in [2.24, 2.45) is 0 Å². The number of rotatable bonds is 6. The van der Waals surface area contributed by atoms with Gasteiger partial charge in [-0.05, 0) is 25.1 Å². The molecule has 0 saturated carbocycles. The van der Waals surface area contributed by atoms with Gasteiger partial charge in [0, 0.05) is 16.7 Å². The maximum Gasteiger partial charge on any atom is 0.0648 e. The molecule has 1 aromatic rings. The second kappa shape index (κ2) is 7.49. The van der Waals surface area contributed by atoms with E-state index in [1.165, 1.54) is 0 Å². The predicted octanol–water partition coefficient (Wildman–Crippen LogP) is 3.45. The Balaban J connectivity index is 2.15. The summed E-state index contributed by atoms with van der Waals surface area (Å²) in [6.45, 7) is 4.23. The highest BCUT2D eigenvalue weighted by Gasteiger charge is 1.91. The number of hydrogen-bond acceptors (Lipinski definition) is 2. The van der Waals surface area contributed by atoms with E-state index < -0.39 is 0 Å². The molecule has 0 heterocycles. The molecule has 0 aliphatic carbocycles. The molecule has 1 rings (SSSR count). The number of benzene rings is 1. The lowest BCUT2D eigenvalue weighted by Gasteiger charge is -2.06. The van der Waals surface area contributed by atoms with E-state index in [-0.39, 0.29) is 0 Å². The molecule has 3 heteroatoms. The third-order valence-corrected chi connectivity index (χ3v) is 2.34.